The number of benzene rings is 2. The summed E-state index contributed by atoms with van der Waals surface area (Å²) in [5.41, 5.74) is 2.65. The molecule has 0 radical (unpaired) electrons. The third kappa shape index (κ3) is 5.74. The van der Waals surface area contributed by atoms with E-state index in [0.29, 0.717) is 31.9 Å². The Kier molecular flexibility index (Phi) is 7.14. The number of esters is 1. The smallest absolute Gasteiger partial charge is 0.307 e. The van der Waals surface area contributed by atoms with Gasteiger partial charge in [-0.3, -0.25) is 14.4 Å². The molecule has 1 fully saturated rings. The second-order valence-corrected chi connectivity index (χ2v) is 6.94. The lowest BCUT2D eigenvalue weighted by Gasteiger charge is -2.28. The van der Waals surface area contributed by atoms with Gasteiger partial charge in [0.2, 0.25) is 0 Å². The van der Waals surface area contributed by atoms with Gasteiger partial charge in [-0.05, 0) is 18.1 Å². The summed E-state index contributed by atoms with van der Waals surface area (Å²) in [4.78, 5) is 38.3. The summed E-state index contributed by atoms with van der Waals surface area (Å²) in [6.07, 6.45) is -0.872. The molecule has 0 N–H and O–H groups in total. The summed E-state index contributed by atoms with van der Waals surface area (Å²) in [5.74, 6) is -0.911. The highest BCUT2D eigenvalue weighted by Crippen LogP contribution is 2.20. The number of nitrogens with zero attached hydrogens (tertiary/aromatic N) is 1. The van der Waals surface area contributed by atoms with Crippen LogP contribution in [0.25, 0.3) is 11.1 Å². The van der Waals surface area contributed by atoms with Crippen molar-refractivity contribution in [3.05, 3.63) is 60.2 Å². The van der Waals surface area contributed by atoms with Crippen LogP contribution in [-0.2, 0) is 19.1 Å². The zero-order chi connectivity index (χ0) is 20.6. The van der Waals surface area contributed by atoms with Gasteiger partial charge in [0.25, 0.3) is 5.91 Å². The molecular formula is C23H25NO5. The molecule has 1 heterocycles. The summed E-state index contributed by atoms with van der Waals surface area (Å²) in [6, 6.07) is 17.2. The molecule has 1 saturated heterocycles. The van der Waals surface area contributed by atoms with Gasteiger partial charge in [-0.25, -0.2) is 0 Å². The van der Waals surface area contributed by atoms with Crippen molar-refractivity contribution in [2.24, 2.45) is 0 Å². The summed E-state index contributed by atoms with van der Waals surface area (Å²) < 4.78 is 10.4. The van der Waals surface area contributed by atoms with E-state index in [1.165, 1.54) is 0 Å². The number of hydrogen-bond donors (Lipinski definition) is 0. The Hall–Kier alpha value is -2.99. The topological polar surface area (TPSA) is 72.9 Å². The second-order valence-electron chi connectivity index (χ2n) is 6.94. The highest BCUT2D eigenvalue weighted by Gasteiger charge is 2.25. The van der Waals surface area contributed by atoms with Crippen LogP contribution in [-0.4, -0.2) is 55.0 Å². The second kappa shape index (κ2) is 9.98. The molecule has 1 amide bonds. The number of rotatable bonds is 7. The number of amides is 1. The van der Waals surface area contributed by atoms with Gasteiger partial charge in [0.15, 0.2) is 11.9 Å². The maximum Gasteiger partial charge on any atom is 0.307 e. The van der Waals surface area contributed by atoms with Crippen molar-refractivity contribution >= 4 is 17.7 Å². The molecular weight excluding hydrogens is 370 g/mol. The molecule has 0 spiro atoms. The molecule has 1 aliphatic heterocycles. The molecule has 6 nitrogen and oxygen atoms in total. The van der Waals surface area contributed by atoms with E-state index in [-0.39, 0.29) is 24.5 Å². The number of ketones is 1. The van der Waals surface area contributed by atoms with E-state index in [1.807, 2.05) is 42.5 Å². The van der Waals surface area contributed by atoms with Crippen molar-refractivity contribution in [1.29, 1.82) is 0 Å². The number of carbonyl (C=O) groups excluding carboxylic acids is 3. The normalized spacial score (nSPS) is 14.9. The number of Topliss-reactive ketones (excluding diaryl/α,β-unsaturated/α-hetero) is 1. The molecule has 152 valence electrons. The highest BCUT2D eigenvalue weighted by atomic mass is 16.5. The molecule has 0 bridgehead atoms. The predicted octanol–water partition coefficient (Wildman–Crippen LogP) is 3.11. The highest BCUT2D eigenvalue weighted by molar-refractivity contribution is 5.98. The Labute approximate surface area is 170 Å². The number of morpholine rings is 1. The Morgan fingerprint density at radius 1 is 0.931 bits per heavy atom. The van der Waals surface area contributed by atoms with Gasteiger partial charge in [0.05, 0.1) is 19.6 Å². The lowest BCUT2D eigenvalue weighted by Crippen LogP contribution is -2.46. The van der Waals surface area contributed by atoms with Gasteiger partial charge in [-0.15, -0.1) is 0 Å². The summed E-state index contributed by atoms with van der Waals surface area (Å²) in [5, 5.41) is 0. The van der Waals surface area contributed by atoms with Crippen LogP contribution in [0.15, 0.2) is 54.6 Å². The van der Waals surface area contributed by atoms with E-state index in [0.717, 1.165) is 11.1 Å². The molecule has 0 unspecified atom stereocenters. The van der Waals surface area contributed by atoms with Crippen molar-refractivity contribution in [1.82, 2.24) is 4.90 Å². The SMILES string of the molecule is C[C@@H](OC(=O)CCC(=O)c1ccc(-c2ccccc2)cc1)C(=O)N1CCOCC1. The van der Waals surface area contributed by atoms with Gasteiger partial charge in [0.1, 0.15) is 0 Å². The average Bonchev–Trinajstić information content (AvgIpc) is 2.78. The maximum atomic E-state index is 12.4. The van der Waals surface area contributed by atoms with Gasteiger partial charge in [0, 0.05) is 25.1 Å². The van der Waals surface area contributed by atoms with Crippen LogP contribution in [0.3, 0.4) is 0 Å². The van der Waals surface area contributed by atoms with Crippen LogP contribution >= 0.6 is 0 Å². The zero-order valence-electron chi connectivity index (χ0n) is 16.5. The third-order valence-corrected chi connectivity index (χ3v) is 4.85. The number of ether oxygens (including phenoxy) is 2. The monoisotopic (exact) mass is 395 g/mol. The third-order valence-electron chi connectivity index (χ3n) is 4.85. The van der Waals surface area contributed by atoms with Crippen LogP contribution in [0.1, 0.15) is 30.1 Å². The molecule has 0 saturated carbocycles. The van der Waals surface area contributed by atoms with Crippen LogP contribution in [0.2, 0.25) is 0 Å². The standard InChI is InChI=1S/C23H25NO5/c1-17(23(27)24-13-15-28-16-14-24)29-22(26)12-11-21(25)20-9-7-19(8-10-20)18-5-3-2-4-6-18/h2-10,17H,11-16H2,1H3/t17-/m1/s1. The summed E-state index contributed by atoms with van der Waals surface area (Å²) in [7, 11) is 0. The van der Waals surface area contributed by atoms with E-state index in [9.17, 15) is 14.4 Å². The molecule has 1 aliphatic rings. The van der Waals surface area contributed by atoms with E-state index in [2.05, 4.69) is 0 Å². The van der Waals surface area contributed by atoms with Crippen LogP contribution in [0.5, 0.6) is 0 Å². The fourth-order valence-electron chi connectivity index (χ4n) is 3.19. The lowest BCUT2D eigenvalue weighted by atomic mass is 10.0. The Morgan fingerprint density at radius 2 is 1.55 bits per heavy atom. The minimum atomic E-state index is -0.860. The Bertz CT molecular complexity index is 841. The van der Waals surface area contributed by atoms with Crippen molar-refractivity contribution in [3.8, 4) is 11.1 Å². The zero-order valence-corrected chi connectivity index (χ0v) is 16.5. The van der Waals surface area contributed by atoms with Crippen molar-refractivity contribution in [2.75, 3.05) is 26.3 Å². The van der Waals surface area contributed by atoms with Gasteiger partial charge < -0.3 is 14.4 Å². The average molecular weight is 395 g/mol. The first-order valence-electron chi connectivity index (χ1n) is 9.79. The van der Waals surface area contributed by atoms with Crippen LogP contribution < -0.4 is 0 Å². The molecule has 0 aliphatic carbocycles. The first kappa shape index (κ1) is 20.7. The van der Waals surface area contributed by atoms with E-state index in [1.54, 1.807) is 24.0 Å². The van der Waals surface area contributed by atoms with Crippen LogP contribution in [0.4, 0.5) is 0 Å². The molecule has 3 rings (SSSR count). The van der Waals surface area contributed by atoms with Gasteiger partial charge in [-0.2, -0.15) is 0 Å². The van der Waals surface area contributed by atoms with Crippen molar-refractivity contribution in [2.45, 2.75) is 25.9 Å². The largest absolute Gasteiger partial charge is 0.453 e. The summed E-state index contributed by atoms with van der Waals surface area (Å²) in [6.45, 7) is 3.53. The summed E-state index contributed by atoms with van der Waals surface area (Å²) >= 11 is 0. The van der Waals surface area contributed by atoms with E-state index < -0.39 is 12.1 Å². The van der Waals surface area contributed by atoms with E-state index >= 15 is 0 Å². The van der Waals surface area contributed by atoms with Crippen molar-refractivity contribution in [3.63, 3.8) is 0 Å². The number of carbonyl (C=O) groups is 3. The van der Waals surface area contributed by atoms with Crippen molar-refractivity contribution < 1.29 is 23.9 Å². The van der Waals surface area contributed by atoms with Gasteiger partial charge in [-0.1, -0.05) is 54.6 Å². The van der Waals surface area contributed by atoms with Crippen LogP contribution in [0, 0.1) is 0 Å². The molecule has 2 aromatic rings. The van der Waals surface area contributed by atoms with Gasteiger partial charge >= 0.3 is 5.97 Å². The first-order valence-corrected chi connectivity index (χ1v) is 9.79. The fourth-order valence-corrected chi connectivity index (χ4v) is 3.19. The minimum Gasteiger partial charge on any atom is -0.453 e. The molecule has 29 heavy (non-hydrogen) atoms. The predicted molar refractivity (Wildman–Crippen MR) is 108 cm³/mol. The first-order chi connectivity index (χ1) is 14.0. The lowest BCUT2D eigenvalue weighted by molar-refractivity contribution is -0.160. The van der Waals surface area contributed by atoms with E-state index in [4.69, 9.17) is 9.47 Å². The minimum absolute atomic E-state index is 0.0436. The Balaban J connectivity index is 1.47. The molecule has 1 atom stereocenters. The molecule has 2 aromatic carbocycles. The fraction of sp³-hybridized carbons (Fsp3) is 0.348. The Morgan fingerprint density at radius 3 is 2.21 bits per heavy atom. The number of hydrogen-bond acceptors (Lipinski definition) is 5. The molecule has 6 heteroatoms. The maximum absolute atomic E-state index is 12.4. The molecule has 0 aromatic heterocycles. The quantitative estimate of drug-likeness (QED) is 0.532.